The summed E-state index contributed by atoms with van der Waals surface area (Å²) < 4.78 is 35.4. The second-order valence-corrected chi connectivity index (χ2v) is 16.4. The summed E-state index contributed by atoms with van der Waals surface area (Å²) in [4.78, 5) is 25.6. The lowest BCUT2D eigenvalue weighted by molar-refractivity contribution is -0.133. The van der Waals surface area contributed by atoms with Crippen molar-refractivity contribution >= 4 is 61.3 Å². The summed E-state index contributed by atoms with van der Waals surface area (Å²) in [5.74, 6) is 1.23. The van der Waals surface area contributed by atoms with Crippen LogP contribution in [0.25, 0.3) is 10.8 Å². The molecule has 3 N–H and O–H groups in total. The number of likely N-dealkylation sites (N-methyl/N-ethyl adjacent to an activating group) is 1. The Morgan fingerprint density at radius 1 is 1.06 bits per heavy atom. The van der Waals surface area contributed by atoms with Crippen LogP contribution in [-0.2, 0) is 14.6 Å². The number of nitrogens with one attached hydrogen (secondary N) is 2. The highest BCUT2D eigenvalue weighted by atomic mass is 35.5. The number of aromatic nitrogens is 3. The van der Waals surface area contributed by atoms with Gasteiger partial charge >= 0.3 is 0 Å². The zero-order chi connectivity index (χ0) is 35.6. The Hall–Kier alpha value is -4.07. The van der Waals surface area contributed by atoms with Gasteiger partial charge in [0.15, 0.2) is 21.5 Å². The van der Waals surface area contributed by atoms with Crippen molar-refractivity contribution in [1.82, 2.24) is 24.3 Å². The smallest absolute Gasteiger partial charge is 0.236 e. The van der Waals surface area contributed by atoms with Crippen molar-refractivity contribution in [2.75, 3.05) is 44.4 Å². The molecule has 0 unspecified atom stereocenters. The summed E-state index contributed by atoms with van der Waals surface area (Å²) in [6.45, 7) is 5.49. The second-order valence-electron chi connectivity index (χ2n) is 13.8. The molecule has 268 valence electrons. The molecule has 14 heteroatoms. The maximum Gasteiger partial charge on any atom is 0.236 e. The molecule has 2 fully saturated rings. The number of carbonyl (C=O) groups is 1. The van der Waals surface area contributed by atoms with E-state index in [4.69, 9.17) is 16.3 Å². The number of para-hydroxylation sites is 1. The summed E-state index contributed by atoms with van der Waals surface area (Å²) in [6.07, 6.45) is 8.87. The van der Waals surface area contributed by atoms with E-state index in [0.717, 1.165) is 37.5 Å². The molecule has 0 atom stereocenters. The molecular weight excluding hydrogens is 678 g/mol. The normalized spacial score (nSPS) is 16.3. The van der Waals surface area contributed by atoms with Gasteiger partial charge in [-0.3, -0.25) is 4.79 Å². The van der Waals surface area contributed by atoms with Crippen LogP contribution in [0, 0.1) is 0 Å². The number of hydrogen-bond donors (Lipinski definition) is 3. The number of anilines is 4. The van der Waals surface area contributed by atoms with Crippen molar-refractivity contribution in [3.05, 3.63) is 53.8 Å². The van der Waals surface area contributed by atoms with Crippen LogP contribution < -0.4 is 15.4 Å². The van der Waals surface area contributed by atoms with Gasteiger partial charge < -0.3 is 34.8 Å². The molecule has 6 rings (SSSR count). The number of aromatic hydroxyl groups is 1. The van der Waals surface area contributed by atoms with Gasteiger partial charge in [-0.25, -0.2) is 13.4 Å². The molecule has 50 heavy (non-hydrogen) atoms. The molecule has 2 aliphatic rings. The molecule has 1 amide bonds. The van der Waals surface area contributed by atoms with E-state index in [0.29, 0.717) is 55.0 Å². The molecule has 3 heterocycles. The number of nitrogens with zero attached hydrogens (tertiary/aromatic N) is 5. The number of ether oxygens (including phenoxy) is 1. The van der Waals surface area contributed by atoms with Crippen molar-refractivity contribution in [3.8, 4) is 11.6 Å². The molecule has 0 radical (unpaired) electrons. The van der Waals surface area contributed by atoms with Gasteiger partial charge in [-0.15, -0.1) is 0 Å². The molecule has 1 saturated carbocycles. The number of piperidine rings is 1. The highest BCUT2D eigenvalue weighted by molar-refractivity contribution is 7.92. The topological polar surface area (TPSA) is 142 Å². The SMILES string of the molecule is CC(C)Oc1cc2cn(C3CCN(C(=O)CN(C)C)CC3)c(O)c2cc1Nc1ncc(Cl)c(Nc2ccccc2S(=O)(=O)C2CCCCC2)n1. The highest BCUT2D eigenvalue weighted by Gasteiger charge is 2.31. The lowest BCUT2D eigenvalue weighted by atomic mass is 10.0. The summed E-state index contributed by atoms with van der Waals surface area (Å²) in [7, 11) is 0.201. The zero-order valence-corrected chi connectivity index (χ0v) is 30.6. The molecule has 0 bridgehead atoms. The van der Waals surface area contributed by atoms with E-state index >= 15 is 0 Å². The average Bonchev–Trinajstić information content (AvgIpc) is 3.41. The van der Waals surface area contributed by atoms with E-state index < -0.39 is 15.1 Å². The van der Waals surface area contributed by atoms with E-state index in [9.17, 15) is 18.3 Å². The predicted octanol–water partition coefficient (Wildman–Crippen LogP) is 6.90. The van der Waals surface area contributed by atoms with Gasteiger partial charge in [0.2, 0.25) is 11.9 Å². The average molecular weight is 724 g/mol. The van der Waals surface area contributed by atoms with Crippen molar-refractivity contribution < 1.29 is 23.1 Å². The molecule has 1 aliphatic carbocycles. The van der Waals surface area contributed by atoms with Crippen LogP contribution >= 0.6 is 11.6 Å². The maximum absolute atomic E-state index is 13.7. The lowest BCUT2D eigenvalue weighted by Crippen LogP contribution is -2.42. The Balaban J connectivity index is 1.26. The quantitative estimate of drug-likeness (QED) is 0.150. The van der Waals surface area contributed by atoms with Crippen molar-refractivity contribution in [1.29, 1.82) is 0 Å². The Morgan fingerprint density at radius 2 is 1.78 bits per heavy atom. The Labute approximate surface area is 298 Å². The fourth-order valence-corrected chi connectivity index (χ4v) is 9.02. The summed E-state index contributed by atoms with van der Waals surface area (Å²) >= 11 is 6.54. The molecular formula is C36H46ClN7O5S. The van der Waals surface area contributed by atoms with Crippen LogP contribution in [0.3, 0.4) is 0 Å². The molecule has 2 aromatic heterocycles. The standard InChI is InChI=1S/C36H46ClN7O5S/c1-23(2)49-31-18-24-21-44(25-14-16-43(17-15-25)33(45)22-42(3)4)35(46)27(24)19-30(31)40-36-38-20-28(37)34(41-36)39-29-12-8-9-13-32(29)50(47,48)26-10-6-5-7-11-26/h8-9,12-13,18-21,23,25-26,46H,5-7,10-11,14-17,22H2,1-4H3,(H2,38,39,40,41). The minimum absolute atomic E-state index is 0.0368. The number of fused-ring (bicyclic) bond motifs is 1. The van der Waals surface area contributed by atoms with Crippen LogP contribution in [0.1, 0.15) is 64.8 Å². The lowest BCUT2D eigenvalue weighted by Gasteiger charge is -2.33. The first-order valence-corrected chi connectivity index (χ1v) is 19.2. The van der Waals surface area contributed by atoms with Crippen LogP contribution in [0.5, 0.6) is 11.6 Å². The van der Waals surface area contributed by atoms with Crippen LogP contribution in [-0.4, -0.2) is 88.8 Å². The first-order chi connectivity index (χ1) is 23.9. The van der Waals surface area contributed by atoms with Gasteiger partial charge in [-0.05, 0) is 77.9 Å². The Kier molecular flexibility index (Phi) is 10.8. The van der Waals surface area contributed by atoms with Crippen LogP contribution in [0.4, 0.5) is 23.1 Å². The maximum atomic E-state index is 13.7. The number of benzene rings is 2. The number of hydrogen-bond acceptors (Lipinski definition) is 10. The number of rotatable bonds is 11. The first kappa shape index (κ1) is 35.7. The van der Waals surface area contributed by atoms with Gasteiger partial charge in [0.25, 0.3) is 0 Å². The fourth-order valence-electron chi connectivity index (χ4n) is 6.87. The van der Waals surface area contributed by atoms with Gasteiger partial charge in [-0.1, -0.05) is 43.0 Å². The highest BCUT2D eigenvalue weighted by Crippen LogP contribution is 2.41. The molecule has 1 saturated heterocycles. The molecule has 4 aromatic rings. The molecule has 0 spiro atoms. The minimum Gasteiger partial charge on any atom is -0.494 e. The third-order valence-corrected chi connectivity index (χ3v) is 12.0. The Bertz CT molecular complexity index is 1950. The number of likely N-dealkylation sites (tertiary alicyclic amines) is 1. The van der Waals surface area contributed by atoms with Crippen molar-refractivity contribution in [2.24, 2.45) is 0 Å². The molecule has 12 nitrogen and oxygen atoms in total. The fraction of sp³-hybridized carbons (Fsp3) is 0.472. The number of halogens is 1. The van der Waals surface area contributed by atoms with E-state index in [1.807, 2.05) is 60.6 Å². The van der Waals surface area contributed by atoms with Gasteiger partial charge in [0.05, 0.1) is 40.4 Å². The third-order valence-electron chi connectivity index (χ3n) is 9.37. The number of carbonyl (C=O) groups excluding carboxylic acids is 1. The van der Waals surface area contributed by atoms with Crippen molar-refractivity contribution in [3.63, 3.8) is 0 Å². The van der Waals surface area contributed by atoms with Gasteiger partial charge in [0, 0.05) is 36.1 Å². The monoisotopic (exact) mass is 723 g/mol. The zero-order valence-electron chi connectivity index (χ0n) is 29.0. The summed E-state index contributed by atoms with van der Waals surface area (Å²) in [5.41, 5.74) is 0.936. The molecule has 1 aliphatic heterocycles. The van der Waals surface area contributed by atoms with E-state index in [1.165, 1.54) is 6.20 Å². The summed E-state index contributed by atoms with van der Waals surface area (Å²) in [5, 5.41) is 19.1. The first-order valence-electron chi connectivity index (χ1n) is 17.3. The van der Waals surface area contributed by atoms with E-state index in [-0.39, 0.29) is 45.6 Å². The van der Waals surface area contributed by atoms with Crippen LogP contribution in [0.15, 0.2) is 53.7 Å². The minimum atomic E-state index is -3.57. The van der Waals surface area contributed by atoms with E-state index in [2.05, 4.69) is 20.6 Å². The van der Waals surface area contributed by atoms with Gasteiger partial charge in [0.1, 0.15) is 10.8 Å². The number of sulfone groups is 1. The number of amides is 1. The van der Waals surface area contributed by atoms with Crippen LogP contribution in [0.2, 0.25) is 5.02 Å². The molecule has 2 aromatic carbocycles. The third kappa shape index (κ3) is 7.79. The van der Waals surface area contributed by atoms with Crippen molar-refractivity contribution in [2.45, 2.75) is 81.1 Å². The largest absolute Gasteiger partial charge is 0.494 e. The van der Waals surface area contributed by atoms with Gasteiger partial charge in [-0.2, -0.15) is 4.98 Å². The van der Waals surface area contributed by atoms with E-state index in [1.54, 1.807) is 24.3 Å². The second kappa shape index (κ2) is 15.0. The Morgan fingerprint density at radius 3 is 2.48 bits per heavy atom. The summed E-state index contributed by atoms with van der Waals surface area (Å²) in [6, 6.07) is 10.6. The predicted molar refractivity (Wildman–Crippen MR) is 197 cm³/mol.